The first-order valence-corrected chi connectivity index (χ1v) is 6.10. The van der Waals surface area contributed by atoms with Crippen LogP contribution in [0.4, 0.5) is 4.39 Å². The summed E-state index contributed by atoms with van der Waals surface area (Å²) in [5.41, 5.74) is 1.68. The Hall–Kier alpha value is -0.960. The van der Waals surface area contributed by atoms with E-state index in [1.165, 1.54) is 6.07 Å². The maximum absolute atomic E-state index is 13.5. The average molecular weight is 283 g/mol. The van der Waals surface area contributed by atoms with Gasteiger partial charge in [0.2, 0.25) is 0 Å². The van der Waals surface area contributed by atoms with Crippen molar-refractivity contribution >= 4 is 21.7 Å². The van der Waals surface area contributed by atoms with Crippen molar-refractivity contribution in [3.63, 3.8) is 0 Å². The second kappa shape index (κ2) is 4.91. The first-order chi connectivity index (χ1) is 7.65. The average Bonchev–Trinajstić information content (AvgIpc) is 2.24. The Bertz CT molecular complexity index is 451. The van der Waals surface area contributed by atoms with Crippen LogP contribution in [0.2, 0.25) is 0 Å². The molecular weight excluding hydrogens is 271 g/mol. The molecule has 1 aromatic carbocycles. The summed E-state index contributed by atoms with van der Waals surface area (Å²) >= 11 is 3.32. The molecule has 0 aliphatic heterocycles. The molecule has 1 aliphatic rings. The Morgan fingerprint density at radius 3 is 2.88 bits per heavy atom. The summed E-state index contributed by atoms with van der Waals surface area (Å²) in [6, 6.07) is 4.90. The van der Waals surface area contributed by atoms with Crippen LogP contribution >= 0.6 is 15.9 Å². The van der Waals surface area contributed by atoms with Gasteiger partial charge in [-0.25, -0.2) is 4.39 Å². The molecule has 0 amide bonds. The van der Waals surface area contributed by atoms with E-state index in [1.54, 1.807) is 18.2 Å². The van der Waals surface area contributed by atoms with Crippen LogP contribution in [0.15, 0.2) is 34.3 Å². The zero-order valence-corrected chi connectivity index (χ0v) is 10.4. The van der Waals surface area contributed by atoms with Crippen molar-refractivity contribution in [3.05, 3.63) is 45.7 Å². The van der Waals surface area contributed by atoms with E-state index < -0.39 is 0 Å². The van der Waals surface area contributed by atoms with Gasteiger partial charge in [-0.2, -0.15) is 0 Å². The van der Waals surface area contributed by atoms with E-state index in [2.05, 4.69) is 15.9 Å². The number of hydrogen-bond donors (Lipinski definition) is 0. The van der Waals surface area contributed by atoms with Crippen molar-refractivity contribution in [2.45, 2.75) is 25.7 Å². The Morgan fingerprint density at radius 1 is 1.31 bits per heavy atom. The second-order valence-corrected chi connectivity index (χ2v) is 4.95. The zero-order valence-electron chi connectivity index (χ0n) is 8.80. The summed E-state index contributed by atoms with van der Waals surface area (Å²) in [6.45, 7) is 0. The number of allylic oxidation sites excluding steroid dienone is 2. The third-order valence-electron chi connectivity index (χ3n) is 2.71. The summed E-state index contributed by atoms with van der Waals surface area (Å²) in [4.78, 5) is 11.2. The predicted molar refractivity (Wildman–Crippen MR) is 64.7 cm³/mol. The van der Waals surface area contributed by atoms with Crippen LogP contribution in [0.1, 0.15) is 24.8 Å². The van der Waals surface area contributed by atoms with Gasteiger partial charge in [0.1, 0.15) is 5.82 Å². The molecular formula is C13H12BrFO. The lowest BCUT2D eigenvalue weighted by Gasteiger charge is -2.12. The van der Waals surface area contributed by atoms with Crippen LogP contribution in [0.25, 0.3) is 0 Å². The van der Waals surface area contributed by atoms with Gasteiger partial charge in [0.25, 0.3) is 0 Å². The molecule has 1 aliphatic carbocycles. The molecule has 16 heavy (non-hydrogen) atoms. The van der Waals surface area contributed by atoms with Crippen LogP contribution in [0.5, 0.6) is 0 Å². The molecule has 0 bridgehead atoms. The Kier molecular flexibility index (Phi) is 3.54. The molecule has 0 saturated heterocycles. The molecule has 0 N–H and O–H groups in total. The lowest BCUT2D eigenvalue weighted by atomic mass is 9.93. The maximum atomic E-state index is 13.5. The van der Waals surface area contributed by atoms with Crippen LogP contribution in [-0.4, -0.2) is 5.78 Å². The summed E-state index contributed by atoms with van der Waals surface area (Å²) in [5, 5.41) is 0. The molecule has 1 aromatic rings. The number of halogens is 2. The second-order valence-electron chi connectivity index (χ2n) is 4.03. The van der Waals surface area contributed by atoms with Gasteiger partial charge in [-0.1, -0.05) is 21.5 Å². The molecule has 0 unspecified atom stereocenters. The van der Waals surface area contributed by atoms with Gasteiger partial charge in [0, 0.05) is 10.9 Å². The Morgan fingerprint density at radius 2 is 2.12 bits per heavy atom. The zero-order chi connectivity index (χ0) is 11.5. The molecule has 0 atom stereocenters. The summed E-state index contributed by atoms with van der Waals surface area (Å²) in [6.07, 6.45) is 4.63. The highest BCUT2D eigenvalue weighted by Crippen LogP contribution is 2.23. The van der Waals surface area contributed by atoms with Crippen LogP contribution in [0, 0.1) is 5.82 Å². The van der Waals surface area contributed by atoms with Gasteiger partial charge in [0.05, 0.1) is 0 Å². The van der Waals surface area contributed by atoms with Crippen molar-refractivity contribution in [1.82, 2.24) is 0 Å². The minimum atomic E-state index is -0.206. The van der Waals surface area contributed by atoms with Gasteiger partial charge >= 0.3 is 0 Å². The number of rotatable bonds is 2. The molecule has 0 radical (unpaired) electrons. The highest BCUT2D eigenvalue weighted by Gasteiger charge is 2.12. The Labute approximate surface area is 102 Å². The fourth-order valence-corrected chi connectivity index (χ4v) is 2.33. The fourth-order valence-electron chi connectivity index (χ4n) is 1.92. The smallest absolute Gasteiger partial charge is 0.155 e. The number of carbonyl (C=O) groups excluding carboxylic acids is 1. The van der Waals surface area contributed by atoms with Crippen molar-refractivity contribution in [2.75, 3.05) is 0 Å². The summed E-state index contributed by atoms with van der Waals surface area (Å²) in [5.74, 6) is -0.0428. The van der Waals surface area contributed by atoms with Crippen molar-refractivity contribution in [3.8, 4) is 0 Å². The number of hydrogen-bond acceptors (Lipinski definition) is 1. The summed E-state index contributed by atoms with van der Waals surface area (Å²) in [7, 11) is 0. The molecule has 2 rings (SSSR count). The molecule has 0 saturated carbocycles. The fraction of sp³-hybridized carbons (Fsp3) is 0.308. The molecule has 3 heteroatoms. The van der Waals surface area contributed by atoms with E-state index in [1.807, 2.05) is 0 Å². The van der Waals surface area contributed by atoms with Crippen LogP contribution in [0.3, 0.4) is 0 Å². The lowest BCUT2D eigenvalue weighted by Crippen LogP contribution is -2.05. The van der Waals surface area contributed by atoms with Crippen molar-refractivity contribution in [2.24, 2.45) is 0 Å². The highest BCUT2D eigenvalue weighted by molar-refractivity contribution is 9.10. The number of benzene rings is 1. The van der Waals surface area contributed by atoms with Gasteiger partial charge in [-0.05, 0) is 49.1 Å². The summed E-state index contributed by atoms with van der Waals surface area (Å²) < 4.78 is 14.4. The minimum absolute atomic E-state index is 0.164. The highest BCUT2D eigenvalue weighted by atomic mass is 79.9. The first kappa shape index (κ1) is 11.5. The van der Waals surface area contributed by atoms with Crippen molar-refractivity contribution < 1.29 is 9.18 Å². The SMILES string of the molecule is O=C1C=C(Cc2cc(Br)ccc2F)CCC1. The Balaban J connectivity index is 2.20. The predicted octanol–water partition coefficient (Wildman–Crippen LogP) is 3.81. The van der Waals surface area contributed by atoms with Crippen LogP contribution in [-0.2, 0) is 11.2 Å². The van der Waals surface area contributed by atoms with E-state index in [-0.39, 0.29) is 11.6 Å². The molecule has 0 aromatic heterocycles. The third-order valence-corrected chi connectivity index (χ3v) is 3.20. The van der Waals surface area contributed by atoms with E-state index in [4.69, 9.17) is 0 Å². The molecule has 0 spiro atoms. The van der Waals surface area contributed by atoms with Gasteiger partial charge < -0.3 is 0 Å². The molecule has 84 valence electrons. The largest absolute Gasteiger partial charge is 0.295 e. The monoisotopic (exact) mass is 282 g/mol. The van der Waals surface area contributed by atoms with Crippen molar-refractivity contribution in [1.29, 1.82) is 0 Å². The normalized spacial score (nSPS) is 16.1. The maximum Gasteiger partial charge on any atom is 0.155 e. The number of ketones is 1. The molecule has 1 nitrogen and oxygen atoms in total. The topological polar surface area (TPSA) is 17.1 Å². The molecule has 0 heterocycles. The van der Waals surface area contributed by atoms with E-state index in [0.29, 0.717) is 18.4 Å². The van der Waals surface area contributed by atoms with Gasteiger partial charge in [0.15, 0.2) is 5.78 Å². The van der Waals surface area contributed by atoms with Crippen LogP contribution < -0.4 is 0 Å². The minimum Gasteiger partial charge on any atom is -0.295 e. The van der Waals surface area contributed by atoms with E-state index in [0.717, 1.165) is 22.9 Å². The lowest BCUT2D eigenvalue weighted by molar-refractivity contribution is -0.115. The van der Waals surface area contributed by atoms with Gasteiger partial charge in [-0.15, -0.1) is 0 Å². The van der Waals surface area contributed by atoms with Gasteiger partial charge in [-0.3, -0.25) is 4.79 Å². The quantitative estimate of drug-likeness (QED) is 0.806. The first-order valence-electron chi connectivity index (χ1n) is 5.31. The number of carbonyl (C=O) groups is 1. The standard InChI is InChI=1S/C13H12BrFO/c14-11-4-5-13(15)10(8-11)6-9-2-1-3-12(16)7-9/h4-5,7-8H,1-3,6H2. The third kappa shape index (κ3) is 2.79. The van der Waals surface area contributed by atoms with E-state index in [9.17, 15) is 9.18 Å². The van der Waals surface area contributed by atoms with E-state index >= 15 is 0 Å². The molecule has 0 fully saturated rings.